The molecular formula is C19H29N3O2S. The second-order valence-electron chi connectivity index (χ2n) is 8.83. The highest BCUT2D eigenvalue weighted by Crippen LogP contribution is 2.56. The van der Waals surface area contributed by atoms with Crippen molar-refractivity contribution in [1.29, 1.82) is 0 Å². The topological polar surface area (TPSA) is 98.2 Å². The van der Waals surface area contributed by atoms with Crippen molar-refractivity contribution in [3.63, 3.8) is 0 Å². The summed E-state index contributed by atoms with van der Waals surface area (Å²) in [6.45, 7) is 5.40. The lowest BCUT2D eigenvalue weighted by molar-refractivity contribution is -0.00810. The van der Waals surface area contributed by atoms with Gasteiger partial charge in [0, 0.05) is 16.9 Å². The van der Waals surface area contributed by atoms with Crippen molar-refractivity contribution in [3.8, 4) is 0 Å². The largest absolute Gasteiger partial charge is 0.398 e. The molecule has 1 aromatic rings. The van der Waals surface area contributed by atoms with Gasteiger partial charge >= 0.3 is 0 Å². The van der Waals surface area contributed by atoms with Crippen LogP contribution < -0.4 is 16.2 Å². The Morgan fingerprint density at radius 1 is 0.840 bits per heavy atom. The molecule has 5 rings (SSSR count). The van der Waals surface area contributed by atoms with E-state index >= 15 is 0 Å². The van der Waals surface area contributed by atoms with Crippen molar-refractivity contribution >= 4 is 21.4 Å². The number of nitrogens with one attached hydrogen (secondary N) is 1. The van der Waals surface area contributed by atoms with Gasteiger partial charge < -0.3 is 11.5 Å². The Kier molecular flexibility index (Phi) is 3.68. The van der Waals surface area contributed by atoms with E-state index in [0.717, 1.165) is 24.8 Å². The molecule has 0 radical (unpaired) electrons. The number of sulfonamides is 1. The quantitative estimate of drug-likeness (QED) is 0.719. The maximum absolute atomic E-state index is 13.4. The first-order valence-electron chi connectivity index (χ1n) is 9.30. The predicted octanol–water partition coefficient (Wildman–Crippen LogP) is 3.02. The molecule has 0 unspecified atom stereocenters. The fourth-order valence-electron chi connectivity index (χ4n) is 6.21. The van der Waals surface area contributed by atoms with Crippen molar-refractivity contribution in [3.05, 3.63) is 16.7 Å². The minimum atomic E-state index is -3.66. The molecule has 0 saturated heterocycles. The summed E-state index contributed by atoms with van der Waals surface area (Å²) in [4.78, 5) is 0.281. The van der Waals surface area contributed by atoms with E-state index in [0.29, 0.717) is 40.3 Å². The third kappa shape index (κ3) is 2.56. The minimum Gasteiger partial charge on any atom is -0.398 e. The number of rotatable bonds is 3. The molecule has 6 heteroatoms. The third-order valence-electron chi connectivity index (χ3n) is 6.96. The summed E-state index contributed by atoms with van der Waals surface area (Å²) < 4.78 is 29.8. The molecule has 0 spiro atoms. The van der Waals surface area contributed by atoms with E-state index in [1.165, 1.54) is 19.3 Å². The highest BCUT2D eigenvalue weighted by Gasteiger charge is 2.52. The Hall–Kier alpha value is -1.27. The van der Waals surface area contributed by atoms with Crippen LogP contribution in [0.2, 0.25) is 0 Å². The van der Waals surface area contributed by atoms with E-state index in [-0.39, 0.29) is 10.4 Å². The fourth-order valence-corrected chi connectivity index (χ4v) is 8.16. The zero-order valence-corrected chi connectivity index (χ0v) is 16.2. The molecule has 0 amide bonds. The van der Waals surface area contributed by atoms with Gasteiger partial charge in [-0.3, -0.25) is 0 Å². The Bertz CT molecular complexity index is 780. The SMILES string of the molecule is Cc1c(N)c(C)c(S(=O)(=O)NC23CC4CC(CC(C4)C2)C3)c(C)c1N. The van der Waals surface area contributed by atoms with Crippen molar-refractivity contribution in [2.75, 3.05) is 11.5 Å². The van der Waals surface area contributed by atoms with Gasteiger partial charge in [-0.25, -0.2) is 13.1 Å². The van der Waals surface area contributed by atoms with Gasteiger partial charge in [-0.15, -0.1) is 0 Å². The molecular weight excluding hydrogens is 334 g/mol. The Labute approximate surface area is 150 Å². The van der Waals surface area contributed by atoms with Crippen LogP contribution in [0, 0.1) is 38.5 Å². The summed E-state index contributed by atoms with van der Waals surface area (Å²) >= 11 is 0. The van der Waals surface area contributed by atoms with E-state index in [1.807, 2.05) is 6.92 Å². The molecule has 25 heavy (non-hydrogen) atoms. The molecule has 0 heterocycles. The Morgan fingerprint density at radius 3 is 1.64 bits per heavy atom. The van der Waals surface area contributed by atoms with Crippen LogP contribution in [-0.4, -0.2) is 14.0 Å². The molecule has 4 aliphatic carbocycles. The molecule has 5 N–H and O–H groups in total. The van der Waals surface area contributed by atoms with Crippen LogP contribution in [0.3, 0.4) is 0 Å². The van der Waals surface area contributed by atoms with Gasteiger partial charge in [-0.1, -0.05) is 0 Å². The fraction of sp³-hybridized carbons (Fsp3) is 0.684. The van der Waals surface area contributed by atoms with Crippen LogP contribution in [0.15, 0.2) is 4.90 Å². The summed E-state index contributed by atoms with van der Waals surface area (Å²) in [5, 5.41) is 0. The van der Waals surface area contributed by atoms with Crippen molar-refractivity contribution < 1.29 is 8.42 Å². The number of hydrogen-bond donors (Lipinski definition) is 3. The summed E-state index contributed by atoms with van der Waals surface area (Å²) in [5.41, 5.74) is 15.0. The summed E-state index contributed by atoms with van der Waals surface area (Å²) in [6.07, 6.45) is 6.78. The molecule has 0 aromatic heterocycles. The van der Waals surface area contributed by atoms with E-state index in [1.54, 1.807) is 13.8 Å². The van der Waals surface area contributed by atoms with Crippen LogP contribution >= 0.6 is 0 Å². The van der Waals surface area contributed by atoms with Gasteiger partial charge in [0.05, 0.1) is 4.90 Å². The van der Waals surface area contributed by atoms with Crippen LogP contribution in [0.4, 0.5) is 11.4 Å². The van der Waals surface area contributed by atoms with Gasteiger partial charge in [0.2, 0.25) is 10.0 Å². The third-order valence-corrected chi connectivity index (χ3v) is 8.81. The van der Waals surface area contributed by atoms with Gasteiger partial charge in [0.25, 0.3) is 0 Å². The van der Waals surface area contributed by atoms with Crippen LogP contribution in [0.5, 0.6) is 0 Å². The summed E-state index contributed by atoms with van der Waals surface area (Å²) in [5.74, 6) is 2.05. The van der Waals surface area contributed by atoms with E-state index in [2.05, 4.69) is 4.72 Å². The van der Waals surface area contributed by atoms with Gasteiger partial charge in [-0.2, -0.15) is 0 Å². The second kappa shape index (κ2) is 5.36. The smallest absolute Gasteiger partial charge is 0.241 e. The molecule has 0 aliphatic heterocycles. The number of nitrogen functional groups attached to an aromatic ring is 2. The number of benzene rings is 1. The zero-order valence-electron chi connectivity index (χ0n) is 15.4. The van der Waals surface area contributed by atoms with Crippen LogP contribution in [0.1, 0.15) is 55.2 Å². The van der Waals surface area contributed by atoms with Gasteiger partial charge in [0.15, 0.2) is 0 Å². The van der Waals surface area contributed by atoms with Gasteiger partial charge in [0.1, 0.15) is 0 Å². The normalized spacial score (nSPS) is 33.8. The Morgan fingerprint density at radius 2 is 1.24 bits per heavy atom. The van der Waals surface area contributed by atoms with Crippen molar-refractivity contribution in [2.24, 2.45) is 17.8 Å². The number of anilines is 2. The predicted molar refractivity (Wildman–Crippen MR) is 101 cm³/mol. The van der Waals surface area contributed by atoms with Crippen LogP contribution in [-0.2, 0) is 10.0 Å². The molecule has 4 fully saturated rings. The molecule has 4 aliphatic rings. The minimum absolute atomic E-state index is 0.263. The van der Waals surface area contributed by atoms with E-state index in [9.17, 15) is 8.42 Å². The lowest BCUT2D eigenvalue weighted by Crippen LogP contribution is -2.59. The Balaban J connectivity index is 1.75. The lowest BCUT2D eigenvalue weighted by atomic mass is 9.53. The molecule has 0 atom stereocenters. The summed E-state index contributed by atoms with van der Waals surface area (Å²) in [7, 11) is -3.66. The molecule has 4 bridgehead atoms. The molecule has 138 valence electrons. The maximum atomic E-state index is 13.4. The first-order valence-corrected chi connectivity index (χ1v) is 10.8. The second-order valence-corrected chi connectivity index (χ2v) is 10.5. The number of hydrogen-bond acceptors (Lipinski definition) is 4. The molecule has 4 saturated carbocycles. The summed E-state index contributed by atoms with van der Waals surface area (Å²) in [6, 6.07) is 0. The zero-order chi connectivity index (χ0) is 18.1. The van der Waals surface area contributed by atoms with Crippen molar-refractivity contribution in [2.45, 2.75) is 69.7 Å². The van der Waals surface area contributed by atoms with Crippen LogP contribution in [0.25, 0.3) is 0 Å². The highest BCUT2D eigenvalue weighted by atomic mass is 32.2. The maximum Gasteiger partial charge on any atom is 0.241 e. The first-order chi connectivity index (χ1) is 11.6. The highest BCUT2D eigenvalue weighted by molar-refractivity contribution is 7.89. The van der Waals surface area contributed by atoms with Gasteiger partial charge in [-0.05, 0) is 93.7 Å². The monoisotopic (exact) mass is 363 g/mol. The van der Waals surface area contributed by atoms with E-state index in [4.69, 9.17) is 11.5 Å². The van der Waals surface area contributed by atoms with Crippen molar-refractivity contribution in [1.82, 2.24) is 4.72 Å². The average Bonchev–Trinajstić information content (AvgIpc) is 2.48. The number of nitrogens with two attached hydrogens (primary N) is 2. The van der Waals surface area contributed by atoms with E-state index < -0.39 is 10.0 Å². The molecule has 5 nitrogen and oxygen atoms in total. The average molecular weight is 364 g/mol. The first kappa shape index (κ1) is 17.2. The standard InChI is InChI=1S/C19H29N3O2S/c1-10-16(20)11(2)18(12(3)17(10)21)25(23,24)22-19-7-13-4-14(8-19)6-15(5-13)9-19/h13-15,22H,4-9,20-21H2,1-3H3. The lowest BCUT2D eigenvalue weighted by Gasteiger charge is -2.56. The molecule has 1 aromatic carbocycles.